The topological polar surface area (TPSA) is 24.9 Å². The first kappa shape index (κ1) is 15.2. The van der Waals surface area contributed by atoms with Crippen molar-refractivity contribution in [3.8, 4) is 0 Å². The molecule has 2 aromatic rings. The Morgan fingerprint density at radius 2 is 1.95 bits per heavy atom. The quantitative estimate of drug-likeness (QED) is 0.889. The molecule has 3 heteroatoms. The molecule has 2 nitrogen and oxygen atoms in total. The Morgan fingerprint density at radius 3 is 2.55 bits per heavy atom. The molecule has 0 amide bonds. The lowest BCUT2D eigenvalue weighted by Gasteiger charge is -2.16. The zero-order valence-electron chi connectivity index (χ0n) is 13.0. The van der Waals surface area contributed by atoms with Gasteiger partial charge in [-0.05, 0) is 25.0 Å². The molecule has 1 heterocycles. The number of nitrogens with zero attached hydrogens (tertiary/aromatic N) is 1. The first-order valence-corrected chi connectivity index (χ1v) is 7.99. The van der Waals surface area contributed by atoms with Crippen LogP contribution in [0, 0.1) is 6.92 Å². The molecule has 0 aliphatic heterocycles. The number of hydrogen-bond acceptors (Lipinski definition) is 3. The van der Waals surface area contributed by atoms with Gasteiger partial charge in [0.2, 0.25) is 0 Å². The highest BCUT2D eigenvalue weighted by Crippen LogP contribution is 2.24. The van der Waals surface area contributed by atoms with E-state index in [0.29, 0.717) is 6.04 Å². The summed E-state index contributed by atoms with van der Waals surface area (Å²) in [5.74, 6) is 0. The molecular weight excluding hydrogens is 264 g/mol. The number of thiazole rings is 1. The first-order chi connectivity index (χ1) is 9.38. The van der Waals surface area contributed by atoms with E-state index in [1.807, 2.05) is 0 Å². The first-order valence-electron chi connectivity index (χ1n) is 7.11. The van der Waals surface area contributed by atoms with E-state index >= 15 is 0 Å². The van der Waals surface area contributed by atoms with Gasteiger partial charge in [0.25, 0.3) is 0 Å². The Bertz CT molecular complexity index is 566. The summed E-state index contributed by atoms with van der Waals surface area (Å²) < 4.78 is 0. The second-order valence-electron chi connectivity index (χ2n) is 6.34. The van der Waals surface area contributed by atoms with Gasteiger partial charge in [0.1, 0.15) is 5.01 Å². The van der Waals surface area contributed by atoms with Crippen molar-refractivity contribution in [1.82, 2.24) is 10.3 Å². The van der Waals surface area contributed by atoms with E-state index in [1.54, 1.807) is 11.3 Å². The highest BCUT2D eigenvalue weighted by Gasteiger charge is 2.17. The van der Waals surface area contributed by atoms with Crippen molar-refractivity contribution in [3.63, 3.8) is 0 Å². The van der Waals surface area contributed by atoms with Crippen molar-refractivity contribution in [1.29, 1.82) is 0 Å². The minimum atomic E-state index is 0.135. The van der Waals surface area contributed by atoms with Gasteiger partial charge in [0.15, 0.2) is 0 Å². The van der Waals surface area contributed by atoms with Crippen LogP contribution in [0.3, 0.4) is 0 Å². The largest absolute Gasteiger partial charge is 0.304 e. The van der Waals surface area contributed by atoms with Gasteiger partial charge in [-0.2, -0.15) is 0 Å². The van der Waals surface area contributed by atoms with Crippen LogP contribution in [0.2, 0.25) is 0 Å². The van der Waals surface area contributed by atoms with E-state index in [4.69, 9.17) is 4.98 Å². The zero-order valence-corrected chi connectivity index (χ0v) is 13.8. The predicted molar refractivity (Wildman–Crippen MR) is 87.2 cm³/mol. The van der Waals surface area contributed by atoms with E-state index < -0.39 is 0 Å². The SMILES string of the molecule is Cc1ccccc1[C@H](C)NCc1nc(C(C)(C)C)cs1. The zero-order chi connectivity index (χ0) is 14.8. The molecular formula is C17H24N2S. The number of benzene rings is 1. The van der Waals surface area contributed by atoms with Gasteiger partial charge in [0, 0.05) is 23.4 Å². The van der Waals surface area contributed by atoms with Gasteiger partial charge in [-0.1, -0.05) is 45.0 Å². The van der Waals surface area contributed by atoms with Gasteiger partial charge < -0.3 is 5.32 Å². The minimum Gasteiger partial charge on any atom is -0.304 e. The van der Waals surface area contributed by atoms with Crippen LogP contribution in [0.25, 0.3) is 0 Å². The maximum Gasteiger partial charge on any atom is 0.107 e. The molecule has 2 rings (SSSR count). The molecule has 0 aliphatic carbocycles. The molecule has 20 heavy (non-hydrogen) atoms. The van der Waals surface area contributed by atoms with Crippen LogP contribution in [0.1, 0.15) is 55.6 Å². The number of aryl methyl sites for hydroxylation is 1. The molecule has 0 aliphatic rings. The molecule has 0 unspecified atom stereocenters. The standard InChI is InChI=1S/C17H24N2S/c1-12-8-6-7-9-14(12)13(2)18-10-16-19-15(11-20-16)17(3,4)5/h6-9,11,13,18H,10H2,1-5H3/t13-/m0/s1. The number of hydrogen-bond donors (Lipinski definition) is 1. The predicted octanol–water partition coefficient (Wildman–Crippen LogP) is 4.60. The highest BCUT2D eigenvalue weighted by molar-refractivity contribution is 7.09. The Balaban J connectivity index is 1.99. The lowest BCUT2D eigenvalue weighted by Crippen LogP contribution is -2.19. The Hall–Kier alpha value is -1.19. The van der Waals surface area contributed by atoms with Gasteiger partial charge in [-0.15, -0.1) is 11.3 Å². The molecule has 0 fully saturated rings. The third-order valence-electron chi connectivity index (χ3n) is 3.53. The molecule has 0 saturated heterocycles. The fourth-order valence-corrected chi connectivity index (χ4v) is 3.13. The molecule has 1 aromatic carbocycles. The second-order valence-corrected chi connectivity index (χ2v) is 7.28. The fraction of sp³-hybridized carbons (Fsp3) is 0.471. The molecule has 0 spiro atoms. The smallest absolute Gasteiger partial charge is 0.107 e. The lowest BCUT2D eigenvalue weighted by atomic mass is 9.93. The van der Waals surface area contributed by atoms with Gasteiger partial charge in [0.05, 0.1) is 5.69 Å². The maximum atomic E-state index is 4.73. The van der Waals surface area contributed by atoms with Crippen molar-refractivity contribution in [2.45, 2.75) is 52.6 Å². The summed E-state index contributed by atoms with van der Waals surface area (Å²) in [4.78, 5) is 4.73. The van der Waals surface area contributed by atoms with E-state index in [1.165, 1.54) is 16.8 Å². The molecule has 1 N–H and O–H groups in total. The minimum absolute atomic E-state index is 0.135. The fourth-order valence-electron chi connectivity index (χ4n) is 2.16. The highest BCUT2D eigenvalue weighted by atomic mass is 32.1. The summed E-state index contributed by atoms with van der Waals surface area (Å²) in [6.07, 6.45) is 0. The number of aromatic nitrogens is 1. The van der Waals surface area contributed by atoms with Crippen molar-refractivity contribution in [2.24, 2.45) is 0 Å². The van der Waals surface area contributed by atoms with Crippen LogP contribution in [0.5, 0.6) is 0 Å². The molecule has 1 atom stereocenters. The summed E-state index contributed by atoms with van der Waals surface area (Å²) in [5, 5.41) is 6.91. The monoisotopic (exact) mass is 288 g/mol. The normalized spacial score (nSPS) is 13.4. The summed E-state index contributed by atoms with van der Waals surface area (Å²) >= 11 is 1.74. The molecule has 0 saturated carbocycles. The Kier molecular flexibility index (Phi) is 4.61. The van der Waals surface area contributed by atoms with E-state index in [9.17, 15) is 0 Å². The van der Waals surface area contributed by atoms with Crippen LogP contribution < -0.4 is 5.32 Å². The molecule has 0 radical (unpaired) electrons. The van der Waals surface area contributed by atoms with Crippen molar-refractivity contribution in [2.75, 3.05) is 0 Å². The summed E-state index contributed by atoms with van der Waals surface area (Å²) in [7, 11) is 0. The van der Waals surface area contributed by atoms with Crippen LogP contribution in [0.15, 0.2) is 29.6 Å². The Labute approximate surface area is 126 Å². The number of rotatable bonds is 4. The van der Waals surface area contributed by atoms with Crippen molar-refractivity contribution < 1.29 is 0 Å². The average molecular weight is 288 g/mol. The van der Waals surface area contributed by atoms with Crippen molar-refractivity contribution in [3.05, 3.63) is 51.5 Å². The van der Waals surface area contributed by atoms with E-state index in [2.05, 4.69) is 69.6 Å². The second kappa shape index (κ2) is 6.06. The molecule has 0 bridgehead atoms. The lowest BCUT2D eigenvalue weighted by molar-refractivity contribution is 0.553. The van der Waals surface area contributed by atoms with Crippen LogP contribution in [0.4, 0.5) is 0 Å². The van der Waals surface area contributed by atoms with Gasteiger partial charge >= 0.3 is 0 Å². The third kappa shape index (κ3) is 3.68. The summed E-state index contributed by atoms with van der Waals surface area (Å²) in [6.45, 7) is 11.8. The Morgan fingerprint density at radius 1 is 1.25 bits per heavy atom. The third-order valence-corrected chi connectivity index (χ3v) is 4.38. The number of nitrogens with one attached hydrogen (secondary N) is 1. The van der Waals surface area contributed by atoms with Crippen LogP contribution >= 0.6 is 11.3 Å². The van der Waals surface area contributed by atoms with Gasteiger partial charge in [-0.25, -0.2) is 4.98 Å². The molecule has 1 aromatic heterocycles. The van der Waals surface area contributed by atoms with Crippen LogP contribution in [-0.2, 0) is 12.0 Å². The molecule has 108 valence electrons. The summed E-state index contributed by atoms with van der Waals surface area (Å²) in [5.41, 5.74) is 4.01. The van der Waals surface area contributed by atoms with Crippen LogP contribution in [-0.4, -0.2) is 4.98 Å². The van der Waals surface area contributed by atoms with Gasteiger partial charge in [-0.3, -0.25) is 0 Å². The van der Waals surface area contributed by atoms with E-state index in [-0.39, 0.29) is 5.41 Å². The van der Waals surface area contributed by atoms with E-state index in [0.717, 1.165) is 11.6 Å². The average Bonchev–Trinajstić information content (AvgIpc) is 2.85. The maximum absolute atomic E-state index is 4.73. The summed E-state index contributed by atoms with van der Waals surface area (Å²) in [6, 6.07) is 8.88. The van der Waals surface area contributed by atoms with Crippen molar-refractivity contribution >= 4 is 11.3 Å².